The second-order valence-corrected chi connectivity index (χ2v) is 8.58. The Morgan fingerprint density at radius 2 is 1.53 bits per heavy atom. The summed E-state index contributed by atoms with van der Waals surface area (Å²) in [5, 5.41) is 23.4. The zero-order valence-corrected chi connectivity index (χ0v) is 19.3. The van der Waals surface area contributed by atoms with Crippen LogP contribution in [0.2, 0.25) is 0 Å². The molecule has 0 radical (unpaired) electrons. The summed E-state index contributed by atoms with van der Waals surface area (Å²) in [5.74, 6) is 0.911. The minimum atomic E-state index is -0.535. The molecule has 0 aliphatic carbocycles. The molecule has 1 heterocycles. The van der Waals surface area contributed by atoms with Crippen LogP contribution in [0.5, 0.6) is 11.5 Å². The highest BCUT2D eigenvalue weighted by atomic mass is 16.5. The Morgan fingerprint density at radius 1 is 0.794 bits per heavy atom. The average Bonchev–Trinajstić information content (AvgIpc) is 2.87. The Bertz CT molecular complexity index is 978. The van der Waals surface area contributed by atoms with E-state index in [4.69, 9.17) is 14.2 Å². The first-order chi connectivity index (χ1) is 16.7. The number of β-amino-alcohol motifs (C(OH)–C–C–N with tert-alkyl or cyclic N) is 1. The molecule has 34 heavy (non-hydrogen) atoms. The average molecular weight is 464 g/mol. The number of aromatic hydroxyl groups is 1. The van der Waals surface area contributed by atoms with Crippen LogP contribution >= 0.6 is 0 Å². The summed E-state index contributed by atoms with van der Waals surface area (Å²) in [6, 6.07) is 25.0. The Hall–Kier alpha value is -2.90. The molecule has 180 valence electrons. The van der Waals surface area contributed by atoms with Crippen LogP contribution in [0.25, 0.3) is 0 Å². The number of piperidine rings is 1. The van der Waals surface area contributed by atoms with E-state index in [0.717, 1.165) is 23.3 Å². The first kappa shape index (κ1) is 24.2. The van der Waals surface area contributed by atoms with Crippen molar-refractivity contribution in [3.63, 3.8) is 0 Å². The van der Waals surface area contributed by atoms with Gasteiger partial charge in [-0.2, -0.15) is 0 Å². The number of aliphatic hydroxyl groups is 1. The number of hydrogen-bond acceptors (Lipinski definition) is 6. The molecule has 4 rings (SSSR count). The lowest BCUT2D eigenvalue weighted by Gasteiger charge is -2.36. The molecule has 3 unspecified atom stereocenters. The van der Waals surface area contributed by atoms with Crippen molar-refractivity contribution in [2.45, 2.75) is 37.8 Å². The molecule has 0 spiro atoms. The third-order valence-electron chi connectivity index (χ3n) is 5.99. The summed E-state index contributed by atoms with van der Waals surface area (Å²) in [5.41, 5.74) is 3.18. The SMILES string of the molecule is Oc1ccc(COC2CNCC(O)C2c2ccc(OCCCOCc3ccccc3)cc2)cc1. The fraction of sp³-hybridized carbons (Fsp3) is 0.357. The Labute approximate surface area is 201 Å². The zero-order chi connectivity index (χ0) is 23.6. The maximum absolute atomic E-state index is 10.7. The fourth-order valence-electron chi connectivity index (χ4n) is 4.17. The van der Waals surface area contributed by atoms with Gasteiger partial charge in [-0.1, -0.05) is 54.6 Å². The van der Waals surface area contributed by atoms with Crippen LogP contribution in [-0.4, -0.2) is 48.7 Å². The van der Waals surface area contributed by atoms with E-state index in [1.165, 1.54) is 5.56 Å². The van der Waals surface area contributed by atoms with Gasteiger partial charge >= 0.3 is 0 Å². The van der Waals surface area contributed by atoms with E-state index < -0.39 is 6.10 Å². The van der Waals surface area contributed by atoms with Crippen molar-refractivity contribution in [1.82, 2.24) is 5.32 Å². The molecule has 0 saturated carbocycles. The molecule has 1 aliphatic heterocycles. The van der Waals surface area contributed by atoms with E-state index in [-0.39, 0.29) is 17.8 Å². The van der Waals surface area contributed by atoms with Crippen LogP contribution in [0.1, 0.15) is 29.0 Å². The molecule has 0 aromatic heterocycles. The lowest BCUT2D eigenvalue weighted by atomic mass is 9.85. The van der Waals surface area contributed by atoms with Gasteiger partial charge in [0.25, 0.3) is 0 Å². The summed E-state index contributed by atoms with van der Waals surface area (Å²) in [6.45, 7) is 3.47. The third-order valence-corrected chi connectivity index (χ3v) is 5.99. The van der Waals surface area contributed by atoms with Crippen LogP contribution in [0.3, 0.4) is 0 Å². The summed E-state index contributed by atoms with van der Waals surface area (Å²) in [6.07, 6.45) is 0.118. The minimum Gasteiger partial charge on any atom is -0.508 e. The predicted octanol–water partition coefficient (Wildman–Crippen LogP) is 4.01. The normalized spacial score (nSPS) is 20.2. The lowest BCUT2D eigenvalue weighted by molar-refractivity contribution is -0.0328. The van der Waals surface area contributed by atoms with Crippen molar-refractivity contribution in [3.8, 4) is 11.5 Å². The van der Waals surface area contributed by atoms with Crippen LogP contribution in [-0.2, 0) is 22.7 Å². The fourth-order valence-corrected chi connectivity index (χ4v) is 4.17. The van der Waals surface area contributed by atoms with E-state index >= 15 is 0 Å². The first-order valence-electron chi connectivity index (χ1n) is 11.8. The molecule has 1 saturated heterocycles. The smallest absolute Gasteiger partial charge is 0.119 e. The van der Waals surface area contributed by atoms with E-state index in [9.17, 15) is 10.2 Å². The van der Waals surface area contributed by atoms with Gasteiger partial charge in [-0.25, -0.2) is 0 Å². The zero-order valence-electron chi connectivity index (χ0n) is 19.3. The third kappa shape index (κ3) is 7.05. The maximum atomic E-state index is 10.7. The van der Waals surface area contributed by atoms with Gasteiger partial charge in [0.2, 0.25) is 0 Å². The summed E-state index contributed by atoms with van der Waals surface area (Å²) in [7, 11) is 0. The molecule has 6 nitrogen and oxygen atoms in total. The van der Waals surface area contributed by atoms with E-state index in [2.05, 4.69) is 17.4 Å². The number of hydrogen-bond donors (Lipinski definition) is 3. The Morgan fingerprint density at radius 3 is 2.29 bits per heavy atom. The molecular formula is C28H33NO5. The number of phenolic OH excluding ortho intramolecular Hbond substituents is 1. The van der Waals surface area contributed by atoms with Crippen LogP contribution in [0.15, 0.2) is 78.9 Å². The molecule has 3 aromatic carbocycles. The first-order valence-corrected chi connectivity index (χ1v) is 11.8. The molecule has 1 aliphatic rings. The van der Waals surface area contributed by atoms with Gasteiger partial charge in [0.05, 0.1) is 38.6 Å². The second kappa shape index (κ2) is 12.5. The van der Waals surface area contributed by atoms with E-state index in [1.54, 1.807) is 12.1 Å². The van der Waals surface area contributed by atoms with Gasteiger partial charge in [-0.3, -0.25) is 0 Å². The predicted molar refractivity (Wildman–Crippen MR) is 131 cm³/mol. The number of ether oxygens (including phenoxy) is 3. The van der Waals surface area contributed by atoms with Crippen molar-refractivity contribution < 1.29 is 24.4 Å². The second-order valence-electron chi connectivity index (χ2n) is 8.58. The number of aliphatic hydroxyl groups excluding tert-OH is 1. The standard InChI is InChI=1S/C28H33NO5/c30-24-11-7-22(8-12-24)20-34-27-18-29-17-26(31)28(27)23-9-13-25(14-10-23)33-16-4-15-32-19-21-5-2-1-3-6-21/h1-3,5-14,26-31H,4,15-20H2. The molecule has 0 bridgehead atoms. The molecular weight excluding hydrogens is 430 g/mol. The van der Waals surface area contributed by atoms with Crippen LogP contribution in [0, 0.1) is 0 Å². The number of benzene rings is 3. The summed E-state index contributed by atoms with van der Waals surface area (Å²) >= 11 is 0. The van der Waals surface area contributed by atoms with Gasteiger partial charge < -0.3 is 29.7 Å². The quantitative estimate of drug-likeness (QED) is 0.373. The number of rotatable bonds is 11. The summed E-state index contributed by atoms with van der Waals surface area (Å²) in [4.78, 5) is 0. The van der Waals surface area contributed by atoms with Crippen molar-refractivity contribution in [2.75, 3.05) is 26.3 Å². The Balaban J connectivity index is 1.24. The molecule has 0 amide bonds. The number of phenols is 1. The maximum Gasteiger partial charge on any atom is 0.119 e. The van der Waals surface area contributed by atoms with E-state index in [0.29, 0.717) is 39.5 Å². The van der Waals surface area contributed by atoms with Gasteiger partial charge in [0.1, 0.15) is 11.5 Å². The lowest BCUT2D eigenvalue weighted by Crippen LogP contribution is -2.49. The van der Waals surface area contributed by atoms with Gasteiger partial charge in [-0.15, -0.1) is 0 Å². The van der Waals surface area contributed by atoms with E-state index in [1.807, 2.05) is 54.6 Å². The van der Waals surface area contributed by atoms with Crippen molar-refractivity contribution >= 4 is 0 Å². The summed E-state index contributed by atoms with van der Waals surface area (Å²) < 4.78 is 17.7. The largest absolute Gasteiger partial charge is 0.508 e. The highest BCUT2D eigenvalue weighted by Gasteiger charge is 2.34. The topological polar surface area (TPSA) is 80.2 Å². The molecule has 6 heteroatoms. The molecule has 1 fully saturated rings. The van der Waals surface area contributed by atoms with Gasteiger partial charge in [0, 0.05) is 25.4 Å². The Kier molecular flexibility index (Phi) is 8.93. The molecule has 3 N–H and O–H groups in total. The van der Waals surface area contributed by atoms with Crippen molar-refractivity contribution in [2.24, 2.45) is 0 Å². The molecule has 3 aromatic rings. The van der Waals surface area contributed by atoms with Crippen LogP contribution in [0.4, 0.5) is 0 Å². The van der Waals surface area contributed by atoms with Gasteiger partial charge in [0.15, 0.2) is 0 Å². The minimum absolute atomic E-state index is 0.126. The highest BCUT2D eigenvalue weighted by molar-refractivity contribution is 5.31. The van der Waals surface area contributed by atoms with Crippen molar-refractivity contribution in [1.29, 1.82) is 0 Å². The highest BCUT2D eigenvalue weighted by Crippen LogP contribution is 2.30. The molecule has 3 atom stereocenters. The monoisotopic (exact) mass is 463 g/mol. The van der Waals surface area contributed by atoms with Crippen molar-refractivity contribution in [3.05, 3.63) is 95.6 Å². The van der Waals surface area contributed by atoms with Crippen LogP contribution < -0.4 is 10.1 Å². The number of nitrogens with one attached hydrogen (secondary N) is 1. The van der Waals surface area contributed by atoms with Gasteiger partial charge in [-0.05, 0) is 41.0 Å².